The number of carbonyl (C=O) groups is 3. The Labute approximate surface area is 206 Å². The molecule has 3 atom stereocenters. The summed E-state index contributed by atoms with van der Waals surface area (Å²) >= 11 is 5.87. The Balaban J connectivity index is 1.62. The molecule has 35 heavy (non-hydrogen) atoms. The van der Waals surface area contributed by atoms with Crippen molar-refractivity contribution in [3.63, 3.8) is 0 Å². The highest BCUT2D eigenvalue weighted by Gasteiger charge is 2.45. The lowest BCUT2D eigenvalue weighted by Crippen LogP contribution is -2.45. The fourth-order valence-electron chi connectivity index (χ4n) is 3.80. The molecule has 1 aliphatic rings. The SMILES string of the molecule is O=C(CNC(=O)OC(c1ccccc1)C(F)(F)c1cccc(Cl)c1)NC(CO)CC1CCNC1=O. The van der Waals surface area contributed by atoms with Gasteiger partial charge in [-0.15, -0.1) is 0 Å². The Morgan fingerprint density at radius 3 is 2.57 bits per heavy atom. The lowest BCUT2D eigenvalue weighted by atomic mass is 9.97. The summed E-state index contributed by atoms with van der Waals surface area (Å²) in [5.41, 5.74) is -0.390. The molecule has 1 heterocycles. The van der Waals surface area contributed by atoms with E-state index in [2.05, 4.69) is 16.0 Å². The van der Waals surface area contributed by atoms with E-state index >= 15 is 8.78 Å². The normalized spacial score (nSPS) is 17.3. The quantitative estimate of drug-likeness (QED) is 0.393. The molecule has 0 bridgehead atoms. The molecule has 3 rings (SSSR count). The Hall–Kier alpha value is -3.24. The van der Waals surface area contributed by atoms with Gasteiger partial charge in [-0.1, -0.05) is 54.1 Å². The number of aliphatic hydroxyl groups excluding tert-OH is 1. The number of halogens is 3. The largest absolute Gasteiger partial charge is 0.434 e. The number of rotatable bonds is 10. The van der Waals surface area contributed by atoms with Crippen molar-refractivity contribution < 1.29 is 33.0 Å². The van der Waals surface area contributed by atoms with Crippen LogP contribution in [0.5, 0.6) is 0 Å². The number of aliphatic hydroxyl groups is 1. The summed E-state index contributed by atoms with van der Waals surface area (Å²) in [6.07, 6.45) is -2.39. The Morgan fingerprint density at radius 2 is 1.94 bits per heavy atom. The molecule has 0 aromatic heterocycles. The second-order valence-corrected chi connectivity index (χ2v) is 8.58. The van der Waals surface area contributed by atoms with Gasteiger partial charge in [0.05, 0.1) is 12.6 Å². The summed E-state index contributed by atoms with van der Waals surface area (Å²) in [5.74, 6) is -4.77. The van der Waals surface area contributed by atoms with Crippen LogP contribution in [0.4, 0.5) is 13.6 Å². The van der Waals surface area contributed by atoms with Crippen LogP contribution in [0, 0.1) is 5.92 Å². The zero-order valence-electron chi connectivity index (χ0n) is 18.7. The number of alkyl carbamates (subject to hydrolysis) is 1. The van der Waals surface area contributed by atoms with E-state index in [0.717, 1.165) is 6.07 Å². The fraction of sp³-hybridized carbons (Fsp3) is 0.375. The van der Waals surface area contributed by atoms with Gasteiger partial charge in [-0.05, 0) is 30.5 Å². The van der Waals surface area contributed by atoms with E-state index in [1.807, 2.05) is 0 Å². The van der Waals surface area contributed by atoms with Crippen molar-refractivity contribution in [2.45, 2.75) is 30.9 Å². The van der Waals surface area contributed by atoms with Crippen LogP contribution in [0.3, 0.4) is 0 Å². The van der Waals surface area contributed by atoms with Gasteiger partial charge in [0.25, 0.3) is 0 Å². The van der Waals surface area contributed by atoms with Crippen molar-refractivity contribution in [2.24, 2.45) is 5.92 Å². The lowest BCUT2D eigenvalue weighted by Gasteiger charge is -2.27. The molecule has 0 spiro atoms. The van der Waals surface area contributed by atoms with Crippen LogP contribution in [-0.2, 0) is 20.2 Å². The third-order valence-electron chi connectivity index (χ3n) is 5.58. The maximum Gasteiger partial charge on any atom is 0.408 e. The third-order valence-corrected chi connectivity index (χ3v) is 5.81. The number of benzene rings is 2. The predicted octanol–water partition coefficient (Wildman–Crippen LogP) is 2.90. The molecule has 8 nitrogen and oxygen atoms in total. The van der Waals surface area contributed by atoms with Gasteiger partial charge in [0.15, 0.2) is 6.10 Å². The summed E-state index contributed by atoms with van der Waals surface area (Å²) in [5, 5.41) is 17.0. The van der Waals surface area contributed by atoms with Gasteiger partial charge >= 0.3 is 12.0 Å². The summed E-state index contributed by atoms with van der Waals surface area (Å²) < 4.78 is 35.8. The van der Waals surface area contributed by atoms with Crippen molar-refractivity contribution in [1.29, 1.82) is 0 Å². The van der Waals surface area contributed by atoms with Gasteiger partial charge in [0, 0.05) is 23.0 Å². The minimum atomic E-state index is -3.63. The molecule has 2 aromatic carbocycles. The third kappa shape index (κ3) is 7.12. The Morgan fingerprint density at radius 1 is 1.20 bits per heavy atom. The van der Waals surface area contributed by atoms with E-state index in [-0.39, 0.29) is 28.8 Å². The first-order valence-corrected chi connectivity index (χ1v) is 11.4. The fourth-order valence-corrected chi connectivity index (χ4v) is 3.99. The monoisotopic (exact) mass is 509 g/mol. The van der Waals surface area contributed by atoms with Crippen molar-refractivity contribution in [1.82, 2.24) is 16.0 Å². The van der Waals surface area contributed by atoms with Crippen molar-refractivity contribution in [2.75, 3.05) is 19.7 Å². The molecular weight excluding hydrogens is 484 g/mol. The van der Waals surface area contributed by atoms with E-state index in [4.69, 9.17) is 16.3 Å². The summed E-state index contributed by atoms with van der Waals surface area (Å²) in [4.78, 5) is 36.3. The molecule has 2 aromatic rings. The lowest BCUT2D eigenvalue weighted by molar-refractivity contribution is -0.125. The number of carbonyl (C=O) groups excluding carboxylic acids is 3. The first-order chi connectivity index (χ1) is 16.7. The van der Waals surface area contributed by atoms with Crippen LogP contribution in [-0.4, -0.2) is 48.8 Å². The van der Waals surface area contributed by atoms with E-state index in [1.165, 1.54) is 42.5 Å². The topological polar surface area (TPSA) is 117 Å². The smallest absolute Gasteiger partial charge is 0.408 e. The van der Waals surface area contributed by atoms with Crippen molar-refractivity contribution in [3.05, 3.63) is 70.7 Å². The standard InChI is InChI=1S/C24H26ClF2N3O5/c25-18-8-4-7-17(12-18)24(26,27)21(15-5-2-1-3-6-15)35-23(34)29-13-20(32)30-19(14-31)11-16-9-10-28-22(16)33/h1-8,12,16,19,21,31H,9-11,13-14H2,(H,28,33)(H,29,34)(H,30,32). The summed E-state index contributed by atoms with van der Waals surface area (Å²) in [6, 6.07) is 11.9. The molecule has 3 amide bonds. The van der Waals surface area contributed by atoms with Crippen LogP contribution in [0.1, 0.15) is 30.1 Å². The predicted molar refractivity (Wildman–Crippen MR) is 124 cm³/mol. The maximum atomic E-state index is 15.4. The van der Waals surface area contributed by atoms with Crippen LogP contribution in [0.25, 0.3) is 0 Å². The Kier molecular flexibility index (Phi) is 9.00. The average molecular weight is 510 g/mol. The van der Waals surface area contributed by atoms with Gasteiger partial charge in [-0.2, -0.15) is 8.78 Å². The first kappa shape index (κ1) is 26.4. The van der Waals surface area contributed by atoms with Crippen molar-refractivity contribution >= 4 is 29.5 Å². The molecule has 0 radical (unpaired) electrons. The molecule has 188 valence electrons. The van der Waals surface area contributed by atoms with Crippen LogP contribution < -0.4 is 16.0 Å². The van der Waals surface area contributed by atoms with Gasteiger partial charge in [-0.3, -0.25) is 9.59 Å². The molecule has 3 unspecified atom stereocenters. The van der Waals surface area contributed by atoms with Gasteiger partial charge in [0.2, 0.25) is 11.8 Å². The van der Waals surface area contributed by atoms with Gasteiger partial charge in [0.1, 0.15) is 6.54 Å². The minimum absolute atomic E-state index is 0.0484. The zero-order valence-corrected chi connectivity index (χ0v) is 19.4. The van der Waals surface area contributed by atoms with Crippen LogP contribution >= 0.6 is 11.6 Å². The summed E-state index contributed by atoms with van der Waals surface area (Å²) in [6.45, 7) is -0.441. The molecule has 4 N–H and O–H groups in total. The molecule has 1 saturated heterocycles. The first-order valence-electron chi connectivity index (χ1n) is 11.0. The zero-order chi connectivity index (χ0) is 25.4. The second kappa shape index (κ2) is 11.9. The van der Waals surface area contributed by atoms with Crippen molar-refractivity contribution in [3.8, 4) is 0 Å². The Bertz CT molecular complexity index is 1040. The summed E-state index contributed by atoms with van der Waals surface area (Å²) in [7, 11) is 0. The number of amides is 3. The van der Waals surface area contributed by atoms with Gasteiger partial charge < -0.3 is 25.8 Å². The van der Waals surface area contributed by atoms with Gasteiger partial charge in [-0.25, -0.2) is 4.79 Å². The highest BCUT2D eigenvalue weighted by Crippen LogP contribution is 2.43. The number of ether oxygens (including phenoxy) is 1. The average Bonchev–Trinajstić information content (AvgIpc) is 3.25. The van der Waals surface area contributed by atoms with E-state index in [0.29, 0.717) is 13.0 Å². The molecule has 0 saturated carbocycles. The molecule has 11 heteroatoms. The maximum absolute atomic E-state index is 15.4. The highest BCUT2D eigenvalue weighted by atomic mass is 35.5. The number of hydrogen-bond acceptors (Lipinski definition) is 5. The second-order valence-electron chi connectivity index (χ2n) is 8.14. The molecule has 0 aliphatic carbocycles. The molecule has 1 aliphatic heterocycles. The number of alkyl halides is 2. The molecular formula is C24H26ClF2N3O5. The number of nitrogens with one attached hydrogen (secondary N) is 3. The van der Waals surface area contributed by atoms with E-state index in [9.17, 15) is 19.5 Å². The number of hydrogen-bond donors (Lipinski definition) is 4. The van der Waals surface area contributed by atoms with E-state index in [1.54, 1.807) is 6.07 Å². The highest BCUT2D eigenvalue weighted by molar-refractivity contribution is 6.30. The minimum Gasteiger partial charge on any atom is -0.434 e. The molecule has 1 fully saturated rings. The van der Waals surface area contributed by atoms with E-state index < -0.39 is 48.8 Å². The van der Waals surface area contributed by atoms with Crippen LogP contribution in [0.2, 0.25) is 5.02 Å². The van der Waals surface area contributed by atoms with Crippen LogP contribution in [0.15, 0.2) is 54.6 Å².